The molecule has 0 N–H and O–H groups in total. The van der Waals surface area contributed by atoms with Crippen molar-refractivity contribution in [1.29, 1.82) is 0 Å². The summed E-state index contributed by atoms with van der Waals surface area (Å²) in [6.45, 7) is 11.9. The van der Waals surface area contributed by atoms with Gasteiger partial charge in [-0.1, -0.05) is 25.0 Å². The van der Waals surface area contributed by atoms with Crippen LogP contribution in [0.1, 0.15) is 47.5 Å². The topological polar surface area (TPSA) is 35.5 Å². The number of fused-ring (bicyclic) bond motifs is 2. The molecule has 0 amide bonds. The normalized spacial score (nSPS) is 42.2. The van der Waals surface area contributed by atoms with Gasteiger partial charge in [0.2, 0.25) is 0 Å². The van der Waals surface area contributed by atoms with Crippen molar-refractivity contribution >= 4 is 5.78 Å². The number of ether oxygens (including phenoxy) is 2. The van der Waals surface area contributed by atoms with Crippen LogP contribution in [-0.2, 0) is 14.3 Å². The van der Waals surface area contributed by atoms with E-state index in [1.165, 1.54) is 11.1 Å². The summed E-state index contributed by atoms with van der Waals surface area (Å²) in [5.74, 6) is 0.494. The molecular weight excluding hydrogens is 252 g/mol. The number of ketones is 1. The molecule has 4 rings (SSSR count). The highest BCUT2D eigenvalue weighted by Crippen LogP contribution is 2.65. The Morgan fingerprint density at radius 1 is 1.20 bits per heavy atom. The Labute approximate surface area is 121 Å². The number of carbonyl (C=O) groups excluding carboxylic acids is 1. The van der Waals surface area contributed by atoms with Crippen molar-refractivity contribution in [3.05, 3.63) is 11.1 Å². The lowest BCUT2D eigenvalue weighted by Gasteiger charge is -2.62. The molecule has 0 aromatic heterocycles. The molecule has 1 spiro atoms. The van der Waals surface area contributed by atoms with E-state index >= 15 is 0 Å². The second-order valence-corrected chi connectivity index (χ2v) is 7.30. The predicted octanol–water partition coefficient (Wildman–Crippen LogP) is 3.34. The van der Waals surface area contributed by atoms with Crippen LogP contribution in [0.2, 0.25) is 0 Å². The first-order chi connectivity index (χ1) is 9.33. The second-order valence-electron chi connectivity index (χ2n) is 7.30. The summed E-state index contributed by atoms with van der Waals surface area (Å²) in [5, 5.41) is 0. The fourth-order valence-corrected chi connectivity index (χ4v) is 4.98. The second kappa shape index (κ2) is 4.41. The van der Waals surface area contributed by atoms with Crippen molar-refractivity contribution in [3.63, 3.8) is 0 Å². The van der Waals surface area contributed by atoms with Crippen LogP contribution >= 0.6 is 0 Å². The zero-order valence-corrected chi connectivity index (χ0v) is 13.3. The predicted molar refractivity (Wildman–Crippen MR) is 77.2 cm³/mol. The van der Waals surface area contributed by atoms with Gasteiger partial charge in [0.25, 0.3) is 0 Å². The average Bonchev–Trinajstić information content (AvgIpc) is 2.85. The zero-order valence-electron chi connectivity index (χ0n) is 13.3. The van der Waals surface area contributed by atoms with Crippen molar-refractivity contribution in [1.82, 2.24) is 0 Å². The van der Waals surface area contributed by atoms with Crippen LogP contribution in [0.4, 0.5) is 0 Å². The number of carbonyl (C=O) groups is 1. The molecule has 3 aliphatic carbocycles. The Morgan fingerprint density at radius 3 is 2.30 bits per heavy atom. The molecule has 3 nitrogen and oxygen atoms in total. The lowest BCUT2D eigenvalue weighted by atomic mass is 9.46. The zero-order chi connectivity index (χ0) is 14.7. The molecule has 1 aliphatic heterocycles. The third-order valence-corrected chi connectivity index (χ3v) is 6.21. The molecule has 3 saturated carbocycles. The molecular formula is C17H26O3. The van der Waals surface area contributed by atoms with E-state index in [4.69, 9.17) is 9.47 Å². The van der Waals surface area contributed by atoms with E-state index in [0.29, 0.717) is 19.0 Å². The Balaban J connectivity index is 2.12. The number of hydrogen-bond acceptors (Lipinski definition) is 3. The number of allylic oxidation sites excluding steroid dienone is 1. The summed E-state index contributed by atoms with van der Waals surface area (Å²) >= 11 is 0. The SMILES string of the molecule is CC(=O)[C@H]1C[C@@H]2C(=C(C)C)C[C@@]1(C)[C@@H](C)C21OCCO1. The quantitative estimate of drug-likeness (QED) is 0.690. The van der Waals surface area contributed by atoms with Gasteiger partial charge < -0.3 is 9.47 Å². The summed E-state index contributed by atoms with van der Waals surface area (Å²) in [4.78, 5) is 12.1. The van der Waals surface area contributed by atoms with E-state index in [2.05, 4.69) is 27.7 Å². The Hall–Kier alpha value is -0.670. The summed E-state index contributed by atoms with van der Waals surface area (Å²) in [6, 6.07) is 0. The molecule has 4 fully saturated rings. The fourth-order valence-electron chi connectivity index (χ4n) is 4.98. The number of hydrogen-bond donors (Lipinski definition) is 0. The third-order valence-electron chi connectivity index (χ3n) is 6.21. The van der Waals surface area contributed by atoms with Crippen LogP contribution in [-0.4, -0.2) is 24.8 Å². The third kappa shape index (κ3) is 1.62. The molecule has 4 aliphatic rings. The summed E-state index contributed by atoms with van der Waals surface area (Å²) in [6.07, 6.45) is 1.90. The minimum atomic E-state index is -0.481. The van der Waals surface area contributed by atoms with Gasteiger partial charge in [-0.25, -0.2) is 0 Å². The van der Waals surface area contributed by atoms with Gasteiger partial charge in [0.15, 0.2) is 5.79 Å². The van der Waals surface area contributed by atoms with Crippen LogP contribution in [0, 0.1) is 23.2 Å². The summed E-state index contributed by atoms with van der Waals surface area (Å²) < 4.78 is 12.3. The molecule has 20 heavy (non-hydrogen) atoms. The molecule has 4 atom stereocenters. The van der Waals surface area contributed by atoms with Crippen LogP contribution < -0.4 is 0 Å². The summed E-state index contributed by atoms with van der Waals surface area (Å²) in [5.41, 5.74) is 2.79. The van der Waals surface area contributed by atoms with Crippen molar-refractivity contribution in [3.8, 4) is 0 Å². The molecule has 0 radical (unpaired) electrons. The molecule has 1 heterocycles. The highest BCUT2D eigenvalue weighted by molar-refractivity contribution is 5.80. The lowest BCUT2D eigenvalue weighted by molar-refractivity contribution is -0.286. The Bertz CT molecular complexity index is 469. The highest BCUT2D eigenvalue weighted by Gasteiger charge is 2.66. The van der Waals surface area contributed by atoms with E-state index < -0.39 is 5.79 Å². The molecule has 112 valence electrons. The van der Waals surface area contributed by atoms with Gasteiger partial charge in [-0.2, -0.15) is 0 Å². The number of Topliss-reactive ketones (excluding diaryl/α,β-unsaturated/α-hetero) is 1. The largest absolute Gasteiger partial charge is 0.347 e. The van der Waals surface area contributed by atoms with Gasteiger partial charge in [-0.05, 0) is 39.0 Å². The van der Waals surface area contributed by atoms with Gasteiger partial charge >= 0.3 is 0 Å². The molecule has 0 unspecified atom stereocenters. The number of rotatable bonds is 1. The molecule has 0 aromatic carbocycles. The van der Waals surface area contributed by atoms with E-state index in [9.17, 15) is 4.79 Å². The van der Waals surface area contributed by atoms with Crippen LogP contribution in [0.15, 0.2) is 11.1 Å². The minimum absolute atomic E-state index is 0.0441. The highest BCUT2D eigenvalue weighted by atomic mass is 16.7. The standard InChI is InChI=1S/C17H26O3/c1-10(2)13-9-16(5)12(4)17(19-6-7-20-17)15(13)8-14(16)11(3)18/h12,14-15H,6-9H2,1-5H3/t12-,14-,15-,16+/m1/s1. The van der Waals surface area contributed by atoms with Crippen molar-refractivity contribution in [2.24, 2.45) is 23.2 Å². The van der Waals surface area contributed by atoms with Gasteiger partial charge in [0, 0.05) is 17.8 Å². The fraction of sp³-hybridized carbons (Fsp3) is 0.824. The molecule has 1 saturated heterocycles. The van der Waals surface area contributed by atoms with Crippen molar-refractivity contribution in [2.75, 3.05) is 13.2 Å². The van der Waals surface area contributed by atoms with Crippen LogP contribution in [0.5, 0.6) is 0 Å². The van der Waals surface area contributed by atoms with Crippen LogP contribution in [0.3, 0.4) is 0 Å². The van der Waals surface area contributed by atoms with Crippen molar-refractivity contribution in [2.45, 2.75) is 53.2 Å². The van der Waals surface area contributed by atoms with Crippen molar-refractivity contribution < 1.29 is 14.3 Å². The van der Waals surface area contributed by atoms with E-state index in [1.54, 1.807) is 6.92 Å². The van der Waals surface area contributed by atoms with Gasteiger partial charge in [-0.15, -0.1) is 0 Å². The monoisotopic (exact) mass is 278 g/mol. The lowest BCUT2D eigenvalue weighted by Crippen LogP contribution is -2.64. The molecule has 2 bridgehead atoms. The van der Waals surface area contributed by atoms with Crippen LogP contribution in [0.25, 0.3) is 0 Å². The smallest absolute Gasteiger partial charge is 0.178 e. The maximum absolute atomic E-state index is 12.1. The first-order valence-corrected chi connectivity index (χ1v) is 7.77. The van der Waals surface area contributed by atoms with E-state index in [1.807, 2.05) is 0 Å². The van der Waals surface area contributed by atoms with Gasteiger partial charge in [-0.3, -0.25) is 4.79 Å². The molecule has 0 aromatic rings. The van der Waals surface area contributed by atoms with Gasteiger partial charge in [0.05, 0.1) is 13.2 Å². The Morgan fingerprint density at radius 2 is 1.80 bits per heavy atom. The van der Waals surface area contributed by atoms with E-state index in [0.717, 1.165) is 12.8 Å². The average molecular weight is 278 g/mol. The first-order valence-electron chi connectivity index (χ1n) is 7.77. The molecule has 3 heteroatoms. The first kappa shape index (κ1) is 14.3. The van der Waals surface area contributed by atoms with E-state index in [-0.39, 0.29) is 23.2 Å². The van der Waals surface area contributed by atoms with Gasteiger partial charge in [0.1, 0.15) is 5.78 Å². The maximum atomic E-state index is 12.1. The summed E-state index contributed by atoms with van der Waals surface area (Å²) in [7, 11) is 0. The Kier molecular flexibility index (Phi) is 3.15. The minimum Gasteiger partial charge on any atom is -0.347 e. The maximum Gasteiger partial charge on any atom is 0.178 e.